The van der Waals surface area contributed by atoms with Gasteiger partial charge in [0.05, 0.1) is 18.1 Å². The summed E-state index contributed by atoms with van der Waals surface area (Å²) >= 11 is 3.42. The molecule has 1 aliphatic rings. The highest BCUT2D eigenvalue weighted by atomic mass is 79.9. The number of methoxy groups -OCH3 is 1. The topological polar surface area (TPSA) is 29.5 Å². The van der Waals surface area contributed by atoms with E-state index in [4.69, 9.17) is 4.74 Å². The maximum absolute atomic E-state index is 12.5. The van der Waals surface area contributed by atoms with Crippen LogP contribution in [0.3, 0.4) is 0 Å². The SMILES string of the molecule is COc1ccc(C(=O)CN2CCc3ccccc32)cc1Br. The number of Topliss-reactive ketones (excluding diaryl/α,β-unsaturated/α-hetero) is 1. The summed E-state index contributed by atoms with van der Waals surface area (Å²) in [5.41, 5.74) is 3.20. The van der Waals surface area contributed by atoms with Gasteiger partial charge in [0, 0.05) is 17.8 Å². The molecule has 0 saturated carbocycles. The van der Waals surface area contributed by atoms with Gasteiger partial charge >= 0.3 is 0 Å². The molecule has 0 radical (unpaired) electrons. The molecule has 0 aromatic heterocycles. The Balaban J connectivity index is 1.77. The number of nitrogens with zero attached hydrogens (tertiary/aromatic N) is 1. The van der Waals surface area contributed by atoms with Gasteiger partial charge < -0.3 is 9.64 Å². The number of fused-ring (bicyclic) bond motifs is 1. The van der Waals surface area contributed by atoms with Crippen LogP contribution in [0.5, 0.6) is 5.75 Å². The first-order valence-corrected chi connectivity index (χ1v) is 7.68. The Bertz CT molecular complexity index is 684. The molecule has 21 heavy (non-hydrogen) atoms. The predicted octanol–water partition coefficient (Wildman–Crippen LogP) is 3.70. The fourth-order valence-electron chi connectivity index (χ4n) is 2.68. The Morgan fingerprint density at radius 1 is 1.29 bits per heavy atom. The summed E-state index contributed by atoms with van der Waals surface area (Å²) < 4.78 is 5.99. The number of hydrogen-bond donors (Lipinski definition) is 0. The highest BCUT2D eigenvalue weighted by Gasteiger charge is 2.21. The maximum Gasteiger partial charge on any atom is 0.182 e. The van der Waals surface area contributed by atoms with Crippen molar-refractivity contribution in [3.8, 4) is 5.75 Å². The zero-order valence-corrected chi connectivity index (χ0v) is 13.4. The second-order valence-electron chi connectivity index (χ2n) is 5.07. The minimum Gasteiger partial charge on any atom is -0.496 e. The summed E-state index contributed by atoms with van der Waals surface area (Å²) in [6.45, 7) is 1.32. The third-order valence-corrected chi connectivity index (χ3v) is 4.41. The summed E-state index contributed by atoms with van der Waals surface area (Å²) in [6, 6.07) is 13.7. The lowest BCUT2D eigenvalue weighted by Gasteiger charge is -2.18. The highest BCUT2D eigenvalue weighted by Crippen LogP contribution is 2.29. The zero-order chi connectivity index (χ0) is 14.8. The van der Waals surface area contributed by atoms with Crippen LogP contribution in [0, 0.1) is 0 Å². The van der Waals surface area contributed by atoms with E-state index in [1.807, 2.05) is 30.3 Å². The van der Waals surface area contributed by atoms with Crippen molar-refractivity contribution in [1.82, 2.24) is 0 Å². The number of ether oxygens (including phenoxy) is 1. The van der Waals surface area contributed by atoms with Crippen LogP contribution in [0.4, 0.5) is 5.69 Å². The van der Waals surface area contributed by atoms with Crippen molar-refractivity contribution in [2.45, 2.75) is 6.42 Å². The van der Waals surface area contributed by atoms with E-state index in [0.29, 0.717) is 12.1 Å². The van der Waals surface area contributed by atoms with Crippen LogP contribution in [0.2, 0.25) is 0 Å². The summed E-state index contributed by atoms with van der Waals surface area (Å²) in [5, 5.41) is 0. The smallest absolute Gasteiger partial charge is 0.182 e. The molecule has 2 aromatic rings. The van der Waals surface area contributed by atoms with Gasteiger partial charge in [-0.3, -0.25) is 4.79 Å². The van der Waals surface area contributed by atoms with Crippen molar-refractivity contribution in [3.63, 3.8) is 0 Å². The number of benzene rings is 2. The number of anilines is 1. The van der Waals surface area contributed by atoms with E-state index in [1.54, 1.807) is 7.11 Å². The number of para-hydroxylation sites is 1. The van der Waals surface area contributed by atoms with Gasteiger partial charge in [-0.05, 0) is 52.2 Å². The Labute approximate surface area is 132 Å². The van der Waals surface area contributed by atoms with Crippen molar-refractivity contribution in [2.24, 2.45) is 0 Å². The summed E-state index contributed by atoms with van der Waals surface area (Å²) in [5.74, 6) is 0.855. The Morgan fingerprint density at radius 2 is 2.10 bits per heavy atom. The van der Waals surface area contributed by atoms with Crippen LogP contribution >= 0.6 is 15.9 Å². The summed E-state index contributed by atoms with van der Waals surface area (Å²) in [6.07, 6.45) is 1.01. The molecular weight excluding hydrogens is 330 g/mol. The number of halogens is 1. The molecule has 1 heterocycles. The Hall–Kier alpha value is -1.81. The second-order valence-corrected chi connectivity index (χ2v) is 5.93. The first-order chi connectivity index (χ1) is 10.2. The molecule has 0 saturated heterocycles. The standard InChI is InChI=1S/C17H16BrNO2/c1-21-17-7-6-13(10-14(17)18)16(20)11-19-9-8-12-4-2-3-5-15(12)19/h2-7,10H,8-9,11H2,1H3. The molecule has 0 bridgehead atoms. The monoisotopic (exact) mass is 345 g/mol. The van der Waals surface area contributed by atoms with Crippen LogP contribution in [0.15, 0.2) is 46.9 Å². The molecule has 0 aliphatic carbocycles. The van der Waals surface area contributed by atoms with E-state index in [9.17, 15) is 4.79 Å². The predicted molar refractivity (Wildman–Crippen MR) is 87.4 cm³/mol. The minimum atomic E-state index is 0.120. The number of hydrogen-bond acceptors (Lipinski definition) is 3. The molecule has 0 fully saturated rings. The Morgan fingerprint density at radius 3 is 2.86 bits per heavy atom. The third-order valence-electron chi connectivity index (χ3n) is 3.79. The number of carbonyl (C=O) groups excluding carboxylic acids is 1. The lowest BCUT2D eigenvalue weighted by atomic mass is 10.1. The summed E-state index contributed by atoms with van der Waals surface area (Å²) in [7, 11) is 1.61. The normalized spacial score (nSPS) is 13.1. The first kappa shape index (κ1) is 14.1. The Kier molecular flexibility index (Phi) is 3.97. The number of rotatable bonds is 4. The van der Waals surface area contributed by atoms with Crippen LogP contribution < -0.4 is 9.64 Å². The van der Waals surface area contributed by atoms with E-state index in [-0.39, 0.29) is 5.78 Å². The highest BCUT2D eigenvalue weighted by molar-refractivity contribution is 9.10. The lowest BCUT2D eigenvalue weighted by molar-refractivity contribution is 0.0999. The maximum atomic E-state index is 12.5. The van der Waals surface area contributed by atoms with Gasteiger partial charge in [0.15, 0.2) is 5.78 Å². The molecule has 0 spiro atoms. The molecule has 3 rings (SSSR count). The van der Waals surface area contributed by atoms with Gasteiger partial charge in [0.1, 0.15) is 5.75 Å². The van der Waals surface area contributed by atoms with Crippen LogP contribution in [0.25, 0.3) is 0 Å². The van der Waals surface area contributed by atoms with E-state index >= 15 is 0 Å². The van der Waals surface area contributed by atoms with Crippen LogP contribution in [-0.2, 0) is 6.42 Å². The molecule has 108 valence electrons. The molecule has 0 atom stereocenters. The van der Waals surface area contributed by atoms with E-state index in [1.165, 1.54) is 11.3 Å². The number of ketones is 1. The quantitative estimate of drug-likeness (QED) is 0.791. The van der Waals surface area contributed by atoms with Gasteiger partial charge in [0.2, 0.25) is 0 Å². The molecular formula is C17H16BrNO2. The van der Waals surface area contributed by atoms with E-state index in [0.717, 1.165) is 23.2 Å². The minimum absolute atomic E-state index is 0.120. The fourth-order valence-corrected chi connectivity index (χ4v) is 3.22. The average Bonchev–Trinajstić information content (AvgIpc) is 2.90. The molecule has 0 N–H and O–H groups in total. The van der Waals surface area contributed by atoms with Gasteiger partial charge in [-0.25, -0.2) is 0 Å². The van der Waals surface area contributed by atoms with Gasteiger partial charge in [-0.1, -0.05) is 18.2 Å². The molecule has 0 amide bonds. The molecule has 2 aromatic carbocycles. The lowest BCUT2D eigenvalue weighted by Crippen LogP contribution is -2.28. The van der Waals surface area contributed by atoms with Crippen molar-refractivity contribution in [1.29, 1.82) is 0 Å². The van der Waals surface area contributed by atoms with Crippen molar-refractivity contribution in [2.75, 3.05) is 25.1 Å². The molecule has 3 nitrogen and oxygen atoms in total. The van der Waals surface area contributed by atoms with E-state index in [2.05, 4.69) is 33.0 Å². The molecule has 4 heteroatoms. The average molecular weight is 346 g/mol. The molecule has 0 unspecified atom stereocenters. The zero-order valence-electron chi connectivity index (χ0n) is 11.8. The first-order valence-electron chi connectivity index (χ1n) is 6.88. The largest absolute Gasteiger partial charge is 0.496 e. The summed E-state index contributed by atoms with van der Waals surface area (Å²) in [4.78, 5) is 14.6. The third kappa shape index (κ3) is 2.81. The van der Waals surface area contributed by atoms with Gasteiger partial charge in [-0.15, -0.1) is 0 Å². The molecule has 1 aliphatic heterocycles. The van der Waals surface area contributed by atoms with Crippen molar-refractivity contribution < 1.29 is 9.53 Å². The van der Waals surface area contributed by atoms with E-state index < -0.39 is 0 Å². The van der Waals surface area contributed by atoms with Gasteiger partial charge in [0.25, 0.3) is 0 Å². The van der Waals surface area contributed by atoms with Gasteiger partial charge in [-0.2, -0.15) is 0 Å². The van der Waals surface area contributed by atoms with Crippen LogP contribution in [-0.4, -0.2) is 26.0 Å². The second kappa shape index (κ2) is 5.90. The van der Waals surface area contributed by atoms with Crippen LogP contribution in [0.1, 0.15) is 15.9 Å². The van der Waals surface area contributed by atoms with Crippen molar-refractivity contribution in [3.05, 3.63) is 58.1 Å². The number of carbonyl (C=O) groups is 1. The van der Waals surface area contributed by atoms with Crippen molar-refractivity contribution >= 4 is 27.4 Å². The fraction of sp³-hybridized carbons (Fsp3) is 0.235.